The number of rotatable bonds is 2. The Hall–Kier alpha value is -2.30. The zero-order valence-electron chi connectivity index (χ0n) is 12.1. The summed E-state index contributed by atoms with van der Waals surface area (Å²) >= 11 is 0. The number of carboxylic acids is 1. The van der Waals surface area contributed by atoms with E-state index in [9.17, 15) is 14.7 Å². The minimum atomic E-state index is -0.823. The molecule has 0 saturated carbocycles. The summed E-state index contributed by atoms with van der Waals surface area (Å²) in [7, 11) is 1.91. The first kappa shape index (κ1) is 13.7. The van der Waals surface area contributed by atoms with Crippen molar-refractivity contribution in [3.8, 4) is 0 Å². The molecular weight excluding hydrogens is 268 g/mol. The highest BCUT2D eigenvalue weighted by Crippen LogP contribution is 2.27. The normalized spacial score (nSPS) is 21.9. The van der Waals surface area contributed by atoms with E-state index < -0.39 is 11.9 Å². The lowest BCUT2D eigenvalue weighted by atomic mass is 9.99. The molecule has 5 heteroatoms. The van der Waals surface area contributed by atoms with Gasteiger partial charge in [-0.05, 0) is 12.0 Å². The summed E-state index contributed by atoms with van der Waals surface area (Å²) in [5.41, 5.74) is 1.65. The van der Waals surface area contributed by atoms with Gasteiger partial charge in [-0.3, -0.25) is 9.59 Å². The molecule has 1 aliphatic heterocycles. The van der Waals surface area contributed by atoms with E-state index in [1.54, 1.807) is 4.90 Å². The van der Waals surface area contributed by atoms with Gasteiger partial charge in [0, 0.05) is 37.2 Å². The maximum atomic E-state index is 12.7. The van der Waals surface area contributed by atoms with Crippen LogP contribution in [0.5, 0.6) is 0 Å². The molecule has 3 rings (SSSR count). The van der Waals surface area contributed by atoms with Crippen molar-refractivity contribution in [2.24, 2.45) is 18.9 Å². The maximum absolute atomic E-state index is 12.7. The van der Waals surface area contributed by atoms with Crippen molar-refractivity contribution in [1.29, 1.82) is 0 Å². The predicted molar refractivity (Wildman–Crippen MR) is 79.1 cm³/mol. The quantitative estimate of drug-likeness (QED) is 0.918. The Bertz CT molecular complexity index is 719. The molecule has 1 amide bonds. The first-order valence-corrected chi connectivity index (χ1v) is 7.05. The van der Waals surface area contributed by atoms with Crippen molar-refractivity contribution in [3.05, 3.63) is 36.0 Å². The Labute approximate surface area is 122 Å². The summed E-state index contributed by atoms with van der Waals surface area (Å²) in [6.45, 7) is 2.67. The van der Waals surface area contributed by atoms with E-state index in [0.29, 0.717) is 18.7 Å². The lowest BCUT2D eigenvalue weighted by molar-refractivity contribution is -0.142. The average molecular weight is 286 g/mol. The third-order valence-corrected chi connectivity index (χ3v) is 4.34. The van der Waals surface area contributed by atoms with Crippen LogP contribution in [-0.2, 0) is 11.8 Å². The zero-order chi connectivity index (χ0) is 15.1. The Kier molecular flexibility index (Phi) is 3.20. The fourth-order valence-electron chi connectivity index (χ4n) is 3.14. The fraction of sp³-hybridized carbons (Fsp3) is 0.375. The van der Waals surface area contributed by atoms with Gasteiger partial charge < -0.3 is 14.6 Å². The molecule has 0 unspecified atom stereocenters. The first-order valence-electron chi connectivity index (χ1n) is 7.05. The van der Waals surface area contributed by atoms with Crippen molar-refractivity contribution >= 4 is 22.8 Å². The molecule has 0 radical (unpaired) electrons. The van der Waals surface area contributed by atoms with Gasteiger partial charge in [-0.15, -0.1) is 0 Å². The van der Waals surface area contributed by atoms with Crippen LogP contribution in [0.2, 0.25) is 0 Å². The van der Waals surface area contributed by atoms with Crippen LogP contribution in [-0.4, -0.2) is 39.5 Å². The van der Waals surface area contributed by atoms with Gasteiger partial charge in [-0.2, -0.15) is 0 Å². The molecule has 110 valence electrons. The van der Waals surface area contributed by atoms with Crippen molar-refractivity contribution in [2.75, 3.05) is 13.1 Å². The number of likely N-dealkylation sites (tertiary alicyclic amines) is 1. The number of nitrogens with zero attached hydrogens (tertiary/aromatic N) is 2. The largest absolute Gasteiger partial charge is 0.481 e. The number of benzene rings is 1. The summed E-state index contributed by atoms with van der Waals surface area (Å²) in [6, 6.07) is 7.75. The van der Waals surface area contributed by atoms with Crippen LogP contribution in [0, 0.1) is 11.8 Å². The van der Waals surface area contributed by atoms with Crippen LogP contribution in [0.4, 0.5) is 0 Å². The molecule has 2 heterocycles. The van der Waals surface area contributed by atoms with E-state index in [4.69, 9.17) is 0 Å². The number of fused-ring (bicyclic) bond motifs is 1. The van der Waals surface area contributed by atoms with Crippen LogP contribution in [0.25, 0.3) is 10.9 Å². The lowest BCUT2D eigenvalue weighted by Crippen LogP contribution is -2.29. The maximum Gasteiger partial charge on any atom is 0.308 e. The molecule has 0 spiro atoms. The summed E-state index contributed by atoms with van der Waals surface area (Å²) in [4.78, 5) is 25.6. The van der Waals surface area contributed by atoms with Crippen LogP contribution >= 0.6 is 0 Å². The summed E-state index contributed by atoms with van der Waals surface area (Å²) in [6.07, 6.45) is 1.83. The molecule has 5 nitrogen and oxygen atoms in total. The van der Waals surface area contributed by atoms with Gasteiger partial charge in [0.2, 0.25) is 0 Å². The van der Waals surface area contributed by atoms with E-state index in [1.807, 2.05) is 49.0 Å². The van der Waals surface area contributed by atoms with Crippen molar-refractivity contribution in [3.63, 3.8) is 0 Å². The minimum Gasteiger partial charge on any atom is -0.481 e. The topological polar surface area (TPSA) is 62.5 Å². The van der Waals surface area contributed by atoms with Gasteiger partial charge in [0.1, 0.15) is 0 Å². The summed E-state index contributed by atoms with van der Waals surface area (Å²) in [5, 5.41) is 10.1. The SMILES string of the molecule is C[C@@H]1CN(C(=O)c2cn(C)c3ccccc23)C[C@H]1C(=O)O. The Balaban J connectivity index is 1.93. The Morgan fingerprint density at radius 1 is 1.24 bits per heavy atom. The van der Waals surface area contributed by atoms with E-state index in [-0.39, 0.29) is 11.8 Å². The molecule has 2 aromatic rings. The number of carbonyl (C=O) groups is 2. The molecule has 1 aromatic heterocycles. The fourth-order valence-corrected chi connectivity index (χ4v) is 3.14. The van der Waals surface area contributed by atoms with E-state index in [0.717, 1.165) is 10.9 Å². The molecule has 1 N–H and O–H groups in total. The highest BCUT2D eigenvalue weighted by atomic mass is 16.4. The minimum absolute atomic E-state index is 0.0126. The molecule has 2 atom stereocenters. The standard InChI is InChI=1S/C16H18N2O3/c1-10-7-18(9-12(10)16(20)21)15(19)13-8-17(2)14-6-4-3-5-11(13)14/h3-6,8,10,12H,7,9H2,1-2H3,(H,20,21)/t10-,12-/m1/s1. The molecule has 1 saturated heterocycles. The van der Waals surface area contributed by atoms with Crippen LogP contribution in [0.15, 0.2) is 30.5 Å². The second-order valence-corrected chi connectivity index (χ2v) is 5.80. The average Bonchev–Trinajstić information content (AvgIpc) is 3.00. The molecule has 21 heavy (non-hydrogen) atoms. The highest BCUT2D eigenvalue weighted by Gasteiger charge is 2.37. The molecule has 1 aliphatic rings. The molecular formula is C16H18N2O3. The second-order valence-electron chi connectivity index (χ2n) is 5.80. The van der Waals surface area contributed by atoms with E-state index in [1.165, 1.54) is 0 Å². The third kappa shape index (κ3) is 2.18. The number of hydrogen-bond donors (Lipinski definition) is 1. The van der Waals surface area contributed by atoms with E-state index >= 15 is 0 Å². The number of aryl methyl sites for hydroxylation is 1. The number of para-hydroxylation sites is 1. The molecule has 1 fully saturated rings. The number of hydrogen-bond acceptors (Lipinski definition) is 2. The van der Waals surface area contributed by atoms with Gasteiger partial charge >= 0.3 is 5.97 Å². The van der Waals surface area contributed by atoms with Crippen LogP contribution < -0.4 is 0 Å². The molecule has 0 bridgehead atoms. The number of amides is 1. The smallest absolute Gasteiger partial charge is 0.308 e. The lowest BCUT2D eigenvalue weighted by Gasteiger charge is -2.15. The second kappa shape index (κ2) is 4.91. The van der Waals surface area contributed by atoms with Gasteiger partial charge in [0.05, 0.1) is 11.5 Å². The third-order valence-electron chi connectivity index (χ3n) is 4.34. The van der Waals surface area contributed by atoms with Gasteiger partial charge in [0.15, 0.2) is 0 Å². The summed E-state index contributed by atoms with van der Waals surface area (Å²) in [5.74, 6) is -1.39. The zero-order valence-corrected chi connectivity index (χ0v) is 12.1. The first-order chi connectivity index (χ1) is 9.99. The van der Waals surface area contributed by atoms with Gasteiger partial charge in [-0.25, -0.2) is 0 Å². The highest BCUT2D eigenvalue weighted by molar-refractivity contribution is 6.07. The molecule has 0 aliphatic carbocycles. The number of aliphatic carboxylic acids is 1. The Morgan fingerprint density at radius 3 is 2.62 bits per heavy atom. The van der Waals surface area contributed by atoms with Gasteiger partial charge in [0.25, 0.3) is 5.91 Å². The number of carboxylic acid groups (broad SMARTS) is 1. The predicted octanol–water partition coefficient (Wildman–Crippen LogP) is 1.97. The van der Waals surface area contributed by atoms with Crippen molar-refractivity contribution in [1.82, 2.24) is 9.47 Å². The molecule has 1 aromatic carbocycles. The van der Waals surface area contributed by atoms with Crippen molar-refractivity contribution in [2.45, 2.75) is 6.92 Å². The van der Waals surface area contributed by atoms with Crippen LogP contribution in [0.3, 0.4) is 0 Å². The monoisotopic (exact) mass is 286 g/mol. The summed E-state index contributed by atoms with van der Waals surface area (Å²) < 4.78 is 1.93. The number of aromatic nitrogens is 1. The number of carbonyl (C=O) groups excluding carboxylic acids is 1. The Morgan fingerprint density at radius 2 is 1.95 bits per heavy atom. The van der Waals surface area contributed by atoms with E-state index in [2.05, 4.69) is 0 Å². The van der Waals surface area contributed by atoms with Crippen LogP contribution in [0.1, 0.15) is 17.3 Å². The van der Waals surface area contributed by atoms with Gasteiger partial charge in [-0.1, -0.05) is 25.1 Å². The van der Waals surface area contributed by atoms with Crippen molar-refractivity contribution < 1.29 is 14.7 Å².